The molecule has 142 valence electrons. The van der Waals surface area contributed by atoms with Gasteiger partial charge in [-0.1, -0.05) is 23.9 Å². The zero-order valence-electron chi connectivity index (χ0n) is 16.2. The first-order valence-electron chi connectivity index (χ1n) is 8.80. The van der Waals surface area contributed by atoms with Crippen LogP contribution in [0.2, 0.25) is 0 Å². The van der Waals surface area contributed by atoms with E-state index in [2.05, 4.69) is 0 Å². The van der Waals surface area contributed by atoms with Crippen LogP contribution in [0.25, 0.3) is 17.0 Å². The lowest BCUT2D eigenvalue weighted by molar-refractivity contribution is -0.109. The van der Waals surface area contributed by atoms with Crippen molar-refractivity contribution in [3.63, 3.8) is 0 Å². The van der Waals surface area contributed by atoms with Crippen molar-refractivity contribution in [1.29, 1.82) is 0 Å². The third-order valence-corrected chi connectivity index (χ3v) is 5.92. The molecule has 3 rings (SSSR count). The highest BCUT2D eigenvalue weighted by molar-refractivity contribution is 8.13. The molecular weight excluding hydrogens is 363 g/mol. The van der Waals surface area contributed by atoms with Crippen molar-refractivity contribution in [3.8, 4) is 0 Å². The fourth-order valence-corrected chi connectivity index (χ4v) is 3.35. The van der Waals surface area contributed by atoms with Crippen LogP contribution >= 0.6 is 11.8 Å². The van der Waals surface area contributed by atoms with Gasteiger partial charge in [-0.2, -0.15) is 0 Å². The van der Waals surface area contributed by atoms with Crippen molar-refractivity contribution < 1.29 is 18.5 Å². The molecular formula is C20H23BO5S. The van der Waals surface area contributed by atoms with Gasteiger partial charge in [-0.15, -0.1) is 0 Å². The molecule has 1 aliphatic heterocycles. The minimum Gasteiger partial charge on any atom is -0.464 e. The first-order chi connectivity index (χ1) is 12.6. The fourth-order valence-electron chi connectivity index (χ4n) is 2.76. The zero-order valence-corrected chi connectivity index (χ0v) is 17.0. The van der Waals surface area contributed by atoms with E-state index in [0.717, 1.165) is 11.0 Å². The normalized spacial score (nSPS) is 18.9. The van der Waals surface area contributed by atoms with Crippen molar-refractivity contribution in [3.05, 3.63) is 51.8 Å². The predicted octanol–water partition coefficient (Wildman–Crippen LogP) is 4.09. The topological polar surface area (TPSA) is 65.7 Å². The lowest BCUT2D eigenvalue weighted by Gasteiger charge is -2.32. The molecule has 5 nitrogen and oxygen atoms in total. The van der Waals surface area contributed by atoms with E-state index in [4.69, 9.17) is 13.7 Å². The Morgan fingerprint density at radius 2 is 1.81 bits per heavy atom. The van der Waals surface area contributed by atoms with Gasteiger partial charge in [0.2, 0.25) is 0 Å². The van der Waals surface area contributed by atoms with Gasteiger partial charge in [0.25, 0.3) is 0 Å². The molecule has 0 amide bonds. The number of benzene rings is 1. The molecule has 0 aliphatic carbocycles. The summed E-state index contributed by atoms with van der Waals surface area (Å²) in [5, 5.41) is 0.537. The number of hydrogen-bond acceptors (Lipinski definition) is 6. The Hall–Kier alpha value is -1.83. The Bertz CT molecular complexity index is 944. The van der Waals surface area contributed by atoms with E-state index in [-0.39, 0.29) is 10.5 Å². The SMILES string of the molecule is CC(=O)SCC(=Cc1ccc2occc(=O)c2c1)B1OC(C)(C)C(C)(C)O1. The van der Waals surface area contributed by atoms with Gasteiger partial charge in [-0.05, 0) is 50.9 Å². The molecule has 1 aromatic carbocycles. The largest absolute Gasteiger partial charge is 0.491 e. The number of carbonyl (C=O) groups excluding carboxylic acids is 1. The van der Waals surface area contributed by atoms with Crippen LogP contribution in [0, 0.1) is 0 Å². The maximum atomic E-state index is 12.1. The first-order valence-corrected chi connectivity index (χ1v) is 9.79. The number of hydrogen-bond donors (Lipinski definition) is 0. The molecule has 0 unspecified atom stereocenters. The van der Waals surface area contributed by atoms with Crippen molar-refractivity contribution in [2.45, 2.75) is 45.8 Å². The molecule has 2 aromatic rings. The first kappa shape index (κ1) is 19.9. The Balaban J connectivity index is 1.99. The third-order valence-electron chi connectivity index (χ3n) is 5.03. The maximum absolute atomic E-state index is 12.1. The van der Waals surface area contributed by atoms with Crippen LogP contribution in [0.1, 0.15) is 40.2 Å². The summed E-state index contributed by atoms with van der Waals surface area (Å²) in [5.74, 6) is 0.452. The molecule has 27 heavy (non-hydrogen) atoms. The van der Waals surface area contributed by atoms with E-state index in [1.807, 2.05) is 39.8 Å². The van der Waals surface area contributed by atoms with Gasteiger partial charge in [-0.25, -0.2) is 0 Å². The molecule has 2 heterocycles. The number of thioether (sulfide) groups is 1. The van der Waals surface area contributed by atoms with Gasteiger partial charge < -0.3 is 13.7 Å². The Morgan fingerprint density at radius 1 is 1.15 bits per heavy atom. The fraction of sp³-hybridized carbons (Fsp3) is 0.400. The molecule has 7 heteroatoms. The highest BCUT2D eigenvalue weighted by Gasteiger charge is 2.52. The molecule has 1 fully saturated rings. The quantitative estimate of drug-likeness (QED) is 0.738. The highest BCUT2D eigenvalue weighted by Crippen LogP contribution is 2.39. The van der Waals surface area contributed by atoms with Crippen LogP contribution in [-0.4, -0.2) is 29.2 Å². The standard InChI is InChI=1S/C20H23BO5S/c1-13(22)27-12-15(21-25-19(2,3)20(4,5)26-21)10-14-6-7-18-16(11-14)17(23)8-9-24-18/h6-11H,12H2,1-5H3. The summed E-state index contributed by atoms with van der Waals surface area (Å²) in [6.45, 7) is 9.50. The smallest absolute Gasteiger partial charge is 0.464 e. The number of carbonyl (C=O) groups is 1. The van der Waals surface area contributed by atoms with Crippen LogP contribution in [-0.2, 0) is 14.1 Å². The lowest BCUT2D eigenvalue weighted by atomic mass is 9.78. The van der Waals surface area contributed by atoms with E-state index in [9.17, 15) is 9.59 Å². The minimum atomic E-state index is -0.551. The summed E-state index contributed by atoms with van der Waals surface area (Å²) in [4.78, 5) is 23.6. The monoisotopic (exact) mass is 386 g/mol. The maximum Gasteiger partial charge on any atom is 0.491 e. The summed E-state index contributed by atoms with van der Waals surface area (Å²) >= 11 is 1.21. The molecule has 1 saturated heterocycles. The second kappa shape index (κ2) is 7.30. The minimum absolute atomic E-state index is 0.0246. The second-order valence-corrected chi connectivity index (χ2v) is 8.78. The van der Waals surface area contributed by atoms with Gasteiger partial charge in [-0.3, -0.25) is 9.59 Å². The Morgan fingerprint density at radius 3 is 2.44 bits per heavy atom. The average molecular weight is 386 g/mol. The summed E-state index contributed by atoms with van der Waals surface area (Å²) in [6, 6.07) is 6.82. The van der Waals surface area contributed by atoms with Gasteiger partial charge >= 0.3 is 7.12 Å². The van der Waals surface area contributed by atoms with Crippen LogP contribution in [0.15, 0.2) is 45.2 Å². The van der Waals surface area contributed by atoms with Crippen LogP contribution in [0.4, 0.5) is 0 Å². The van der Waals surface area contributed by atoms with Crippen molar-refractivity contribution >= 4 is 41.0 Å². The summed E-state index contributed by atoms with van der Waals surface area (Å²) in [5.41, 5.74) is 1.17. The van der Waals surface area contributed by atoms with Crippen LogP contribution < -0.4 is 5.43 Å². The molecule has 1 aromatic heterocycles. The van der Waals surface area contributed by atoms with Gasteiger partial charge in [0.15, 0.2) is 10.5 Å². The Kier molecular flexibility index (Phi) is 5.39. The molecule has 0 N–H and O–H groups in total. The van der Waals surface area contributed by atoms with Gasteiger partial charge in [0.05, 0.1) is 22.9 Å². The van der Waals surface area contributed by atoms with E-state index >= 15 is 0 Å². The molecule has 0 saturated carbocycles. The molecule has 0 radical (unpaired) electrons. The average Bonchev–Trinajstić information content (AvgIpc) is 2.79. The molecule has 0 spiro atoms. The number of rotatable bonds is 4. The van der Waals surface area contributed by atoms with Crippen molar-refractivity contribution in [2.24, 2.45) is 0 Å². The lowest BCUT2D eigenvalue weighted by Crippen LogP contribution is -2.41. The van der Waals surface area contributed by atoms with E-state index < -0.39 is 18.3 Å². The van der Waals surface area contributed by atoms with Crippen LogP contribution in [0.3, 0.4) is 0 Å². The summed E-state index contributed by atoms with van der Waals surface area (Å²) in [7, 11) is -0.551. The molecule has 0 atom stereocenters. The van der Waals surface area contributed by atoms with E-state index in [1.165, 1.54) is 31.0 Å². The second-order valence-electron chi connectivity index (χ2n) is 7.63. The Labute approximate surface area is 163 Å². The third kappa shape index (κ3) is 4.20. The van der Waals surface area contributed by atoms with Crippen molar-refractivity contribution in [1.82, 2.24) is 0 Å². The molecule has 0 bridgehead atoms. The van der Waals surface area contributed by atoms with Gasteiger partial charge in [0, 0.05) is 18.7 Å². The van der Waals surface area contributed by atoms with Crippen molar-refractivity contribution in [2.75, 3.05) is 5.75 Å². The van der Waals surface area contributed by atoms with E-state index in [0.29, 0.717) is 16.7 Å². The van der Waals surface area contributed by atoms with Crippen LogP contribution in [0.5, 0.6) is 0 Å². The predicted molar refractivity (Wildman–Crippen MR) is 110 cm³/mol. The van der Waals surface area contributed by atoms with Gasteiger partial charge in [0.1, 0.15) is 5.58 Å². The summed E-state index contributed by atoms with van der Waals surface area (Å²) in [6.07, 6.45) is 3.31. The van der Waals surface area contributed by atoms with E-state index in [1.54, 1.807) is 12.1 Å². The molecule has 1 aliphatic rings. The summed E-state index contributed by atoms with van der Waals surface area (Å²) < 4.78 is 17.7. The highest BCUT2D eigenvalue weighted by atomic mass is 32.2. The number of fused-ring (bicyclic) bond motifs is 1. The zero-order chi connectivity index (χ0) is 19.8.